The lowest BCUT2D eigenvalue weighted by Gasteiger charge is -2.13. The molecular weight excluding hydrogens is 352 g/mol. The van der Waals surface area contributed by atoms with Crippen LogP contribution in [0.4, 0.5) is 23.2 Å². The Bertz CT molecular complexity index is 774. The molecule has 1 heterocycles. The van der Waals surface area contributed by atoms with Crippen molar-refractivity contribution < 1.29 is 22.4 Å². The Labute approximate surface area is 147 Å². The Kier molecular flexibility index (Phi) is 6.64. The Hall–Kier alpha value is -2.52. The third-order valence-electron chi connectivity index (χ3n) is 3.72. The maximum absolute atomic E-state index is 13.9. The zero-order valence-electron chi connectivity index (χ0n) is 13.7. The highest BCUT2D eigenvalue weighted by Crippen LogP contribution is 2.29. The minimum absolute atomic E-state index is 0.158. The van der Waals surface area contributed by atoms with E-state index in [1.54, 1.807) is 0 Å². The monoisotopic (exact) mass is 370 g/mol. The predicted molar refractivity (Wildman–Crippen MR) is 89.0 cm³/mol. The number of carbonyl (C=O) groups is 1. The summed E-state index contributed by atoms with van der Waals surface area (Å²) in [5.41, 5.74) is 10.3. The first-order chi connectivity index (χ1) is 12.3. The van der Waals surface area contributed by atoms with Crippen molar-refractivity contribution in [2.45, 2.75) is 25.3 Å². The maximum atomic E-state index is 13.9. The zero-order chi connectivity index (χ0) is 19.3. The predicted octanol–water partition coefficient (Wildman–Crippen LogP) is 2.70. The first kappa shape index (κ1) is 19.8. The van der Waals surface area contributed by atoms with Crippen LogP contribution in [0.25, 0.3) is 11.1 Å². The molecule has 1 aromatic heterocycles. The fourth-order valence-corrected chi connectivity index (χ4v) is 2.37. The minimum atomic E-state index is -1.75. The van der Waals surface area contributed by atoms with Crippen LogP contribution in [-0.2, 0) is 4.79 Å². The quantitative estimate of drug-likeness (QED) is 0.397. The van der Waals surface area contributed by atoms with Crippen LogP contribution >= 0.6 is 0 Å². The first-order valence-corrected chi connectivity index (χ1v) is 7.92. The normalized spacial score (nSPS) is 12.1. The van der Waals surface area contributed by atoms with E-state index in [4.69, 9.17) is 11.5 Å². The molecule has 0 aliphatic rings. The molecule has 9 heteroatoms. The Balaban J connectivity index is 2.23. The van der Waals surface area contributed by atoms with Gasteiger partial charge in [-0.3, -0.25) is 4.79 Å². The molecule has 0 saturated carbocycles. The van der Waals surface area contributed by atoms with Gasteiger partial charge in [0.2, 0.25) is 5.91 Å². The molecule has 1 unspecified atom stereocenters. The second-order valence-corrected chi connectivity index (χ2v) is 5.66. The number of rotatable bonds is 7. The molecule has 0 spiro atoms. The number of nitrogens with two attached hydrogens (primary N) is 2. The van der Waals surface area contributed by atoms with Crippen LogP contribution in [0.5, 0.6) is 0 Å². The maximum Gasteiger partial charge on any atom is 0.252 e. The van der Waals surface area contributed by atoms with Gasteiger partial charge in [0.05, 0.1) is 11.6 Å². The summed E-state index contributed by atoms with van der Waals surface area (Å²) in [7, 11) is 0. The Morgan fingerprint density at radius 2 is 1.77 bits per heavy atom. The van der Waals surface area contributed by atoms with Crippen LogP contribution < -0.4 is 16.8 Å². The molecule has 0 aliphatic heterocycles. The second kappa shape index (κ2) is 8.72. The number of hydrogen-bond donors (Lipinski definition) is 3. The van der Waals surface area contributed by atoms with Gasteiger partial charge in [0.15, 0.2) is 11.6 Å². The van der Waals surface area contributed by atoms with E-state index in [-0.39, 0.29) is 11.3 Å². The van der Waals surface area contributed by atoms with E-state index >= 15 is 0 Å². The molecule has 0 bridgehead atoms. The van der Waals surface area contributed by atoms with Crippen molar-refractivity contribution in [3.8, 4) is 11.1 Å². The molecule has 1 aromatic carbocycles. The summed E-state index contributed by atoms with van der Waals surface area (Å²) in [6.45, 7) is 0.493. The van der Waals surface area contributed by atoms with Crippen molar-refractivity contribution in [2.75, 3.05) is 11.9 Å². The third-order valence-corrected chi connectivity index (χ3v) is 3.72. The highest BCUT2D eigenvalue weighted by Gasteiger charge is 2.22. The highest BCUT2D eigenvalue weighted by atomic mass is 19.2. The average molecular weight is 370 g/mol. The lowest BCUT2D eigenvalue weighted by atomic mass is 10.0. The van der Waals surface area contributed by atoms with Crippen molar-refractivity contribution in [2.24, 2.45) is 11.5 Å². The molecule has 0 radical (unpaired) electrons. The third kappa shape index (κ3) is 4.55. The lowest BCUT2D eigenvalue weighted by molar-refractivity contribution is -0.117. The van der Waals surface area contributed by atoms with Gasteiger partial charge in [-0.2, -0.15) is 13.8 Å². The van der Waals surface area contributed by atoms with E-state index in [9.17, 15) is 22.4 Å². The van der Waals surface area contributed by atoms with Crippen LogP contribution in [0.3, 0.4) is 0 Å². The number of anilines is 1. The van der Waals surface area contributed by atoms with Crippen LogP contribution in [0.1, 0.15) is 19.3 Å². The van der Waals surface area contributed by atoms with Crippen LogP contribution in [0.15, 0.2) is 24.3 Å². The lowest BCUT2D eigenvalue weighted by Crippen LogP contribution is -2.35. The molecule has 0 saturated heterocycles. The van der Waals surface area contributed by atoms with Gasteiger partial charge in [-0.15, -0.1) is 0 Å². The minimum Gasteiger partial charge on any atom is -0.330 e. The van der Waals surface area contributed by atoms with Gasteiger partial charge in [0, 0.05) is 5.69 Å². The summed E-state index contributed by atoms with van der Waals surface area (Å²) in [6.07, 6.45) is 1.83. The van der Waals surface area contributed by atoms with Crippen LogP contribution in [0, 0.1) is 23.5 Å². The number of carbonyl (C=O) groups excluding carboxylic acids is 1. The zero-order valence-corrected chi connectivity index (χ0v) is 13.7. The van der Waals surface area contributed by atoms with E-state index in [0.29, 0.717) is 19.4 Å². The molecular formula is C17H18F4N4O. The van der Waals surface area contributed by atoms with E-state index in [2.05, 4.69) is 10.3 Å². The van der Waals surface area contributed by atoms with Gasteiger partial charge in [0.25, 0.3) is 11.9 Å². The van der Waals surface area contributed by atoms with Crippen LogP contribution in [0.2, 0.25) is 0 Å². The van der Waals surface area contributed by atoms with Gasteiger partial charge >= 0.3 is 0 Å². The number of hydrogen-bond acceptors (Lipinski definition) is 4. The molecule has 0 fully saturated rings. The standard InChI is InChI=1S/C17H18F4N4O/c18-13-12(14(19)16(21)25-15(13)20)9-4-3-5-10(8-9)24-17(26)11(23)6-1-2-7-22/h3-5,8,11H,1-2,6-7,22-23H2,(H,24,26). The summed E-state index contributed by atoms with van der Waals surface area (Å²) in [5.74, 6) is -7.24. The molecule has 5 nitrogen and oxygen atoms in total. The molecule has 1 amide bonds. The first-order valence-electron chi connectivity index (χ1n) is 7.92. The summed E-state index contributed by atoms with van der Waals surface area (Å²) < 4.78 is 54.3. The van der Waals surface area contributed by atoms with Crippen molar-refractivity contribution >= 4 is 11.6 Å². The molecule has 2 aromatic rings. The number of aromatic nitrogens is 1. The number of benzene rings is 1. The van der Waals surface area contributed by atoms with E-state index in [0.717, 1.165) is 6.42 Å². The largest absolute Gasteiger partial charge is 0.330 e. The number of unbranched alkanes of at least 4 members (excludes halogenated alkanes) is 1. The fraction of sp³-hybridized carbons (Fsp3) is 0.294. The van der Waals surface area contributed by atoms with E-state index < -0.39 is 41.0 Å². The number of nitrogens with zero attached hydrogens (tertiary/aromatic N) is 1. The van der Waals surface area contributed by atoms with Crippen LogP contribution in [-0.4, -0.2) is 23.5 Å². The fourth-order valence-electron chi connectivity index (χ4n) is 2.37. The SMILES string of the molecule is NCCCCC(N)C(=O)Nc1cccc(-c2c(F)c(F)nc(F)c2F)c1. The number of pyridine rings is 1. The van der Waals surface area contributed by atoms with Crippen molar-refractivity contribution in [1.29, 1.82) is 0 Å². The number of halogens is 4. The van der Waals surface area contributed by atoms with Gasteiger partial charge < -0.3 is 16.8 Å². The van der Waals surface area contributed by atoms with Crippen molar-refractivity contribution in [3.05, 3.63) is 47.8 Å². The molecule has 2 rings (SSSR count). The molecule has 1 atom stereocenters. The highest BCUT2D eigenvalue weighted by molar-refractivity contribution is 5.95. The molecule has 26 heavy (non-hydrogen) atoms. The Morgan fingerprint density at radius 3 is 2.38 bits per heavy atom. The number of nitrogens with one attached hydrogen (secondary N) is 1. The van der Waals surface area contributed by atoms with Crippen molar-refractivity contribution in [1.82, 2.24) is 4.98 Å². The second-order valence-electron chi connectivity index (χ2n) is 5.66. The van der Waals surface area contributed by atoms with Gasteiger partial charge in [-0.1, -0.05) is 18.6 Å². The summed E-state index contributed by atoms with van der Waals surface area (Å²) >= 11 is 0. The molecule has 5 N–H and O–H groups in total. The van der Waals surface area contributed by atoms with Gasteiger partial charge in [-0.05, 0) is 37.1 Å². The summed E-state index contributed by atoms with van der Waals surface area (Å²) in [5, 5.41) is 2.50. The smallest absolute Gasteiger partial charge is 0.252 e. The summed E-state index contributed by atoms with van der Waals surface area (Å²) in [6, 6.07) is 4.48. The Morgan fingerprint density at radius 1 is 1.12 bits per heavy atom. The summed E-state index contributed by atoms with van der Waals surface area (Å²) in [4.78, 5) is 14.6. The topological polar surface area (TPSA) is 94.0 Å². The number of amides is 1. The van der Waals surface area contributed by atoms with Crippen molar-refractivity contribution in [3.63, 3.8) is 0 Å². The van der Waals surface area contributed by atoms with Gasteiger partial charge in [-0.25, -0.2) is 8.78 Å². The molecule has 0 aliphatic carbocycles. The molecule has 140 valence electrons. The van der Waals surface area contributed by atoms with Gasteiger partial charge in [0.1, 0.15) is 0 Å². The average Bonchev–Trinajstić information content (AvgIpc) is 2.60. The van der Waals surface area contributed by atoms with E-state index in [1.807, 2.05) is 0 Å². The van der Waals surface area contributed by atoms with E-state index in [1.165, 1.54) is 24.3 Å².